The molecule has 2 bridgehead atoms. The molecule has 1 aliphatic carbocycles. The number of pyridine rings is 1. The highest BCUT2D eigenvalue weighted by Gasteiger charge is 2.67. The van der Waals surface area contributed by atoms with Crippen LogP contribution in [0.4, 0.5) is 14.6 Å². The Balaban J connectivity index is 1.32. The average Bonchev–Trinajstić information content (AvgIpc) is 3.49. The maximum Gasteiger partial charge on any atom is 0.343 e. The second-order valence-corrected chi connectivity index (χ2v) is 13.6. The molecule has 3 amide bonds. The Hall–Kier alpha value is -5.44. The number of aromatic nitrogens is 5. The predicted octanol–water partition coefficient (Wildman–Crippen LogP) is 3.85. The summed E-state index contributed by atoms with van der Waals surface area (Å²) in [5.41, 5.74) is 3.06. The largest absolute Gasteiger partial charge is 0.373 e. The monoisotopic (exact) mass is 698 g/mol. The molecule has 0 spiro atoms. The molecule has 0 radical (unpaired) electrons. The smallest absolute Gasteiger partial charge is 0.343 e. The first-order valence-corrected chi connectivity index (χ1v) is 16.6. The molecule has 15 heteroatoms. The minimum Gasteiger partial charge on any atom is -0.373 e. The van der Waals surface area contributed by atoms with Crippen LogP contribution in [0.15, 0.2) is 48.8 Å². The molecule has 2 fully saturated rings. The fourth-order valence-electron chi connectivity index (χ4n) is 7.07. The van der Waals surface area contributed by atoms with E-state index in [2.05, 4.69) is 30.7 Å². The third kappa shape index (κ3) is 6.37. The second kappa shape index (κ2) is 12.7. The minimum absolute atomic E-state index is 0.113. The molecule has 4 aromatic rings. The molecule has 1 aromatic carbocycles. The van der Waals surface area contributed by atoms with E-state index in [0.717, 1.165) is 17.2 Å². The lowest BCUT2D eigenvalue weighted by Crippen LogP contribution is -2.47. The Morgan fingerprint density at radius 3 is 2.59 bits per heavy atom. The van der Waals surface area contributed by atoms with Gasteiger partial charge in [-0.15, -0.1) is 0 Å². The van der Waals surface area contributed by atoms with Gasteiger partial charge in [-0.3, -0.25) is 23.9 Å². The van der Waals surface area contributed by atoms with Gasteiger partial charge in [-0.05, 0) is 69.0 Å². The van der Waals surface area contributed by atoms with Gasteiger partial charge in [0, 0.05) is 59.5 Å². The third-order valence-electron chi connectivity index (χ3n) is 9.77. The van der Waals surface area contributed by atoms with E-state index in [9.17, 15) is 28.0 Å². The van der Waals surface area contributed by atoms with E-state index in [4.69, 9.17) is 4.74 Å². The van der Waals surface area contributed by atoms with E-state index in [-0.39, 0.29) is 44.2 Å². The van der Waals surface area contributed by atoms with Crippen molar-refractivity contribution < 1.29 is 32.7 Å². The third-order valence-corrected chi connectivity index (χ3v) is 9.77. The number of halogens is 2. The Bertz CT molecular complexity index is 2130. The lowest BCUT2D eigenvalue weighted by Gasteiger charge is -2.27. The Labute approximate surface area is 291 Å². The topological polar surface area (TPSA) is 161 Å². The van der Waals surface area contributed by atoms with Crippen LogP contribution in [0.3, 0.4) is 0 Å². The molecule has 1 saturated carbocycles. The summed E-state index contributed by atoms with van der Waals surface area (Å²) in [5, 5.41) is 10.2. The van der Waals surface area contributed by atoms with Crippen molar-refractivity contribution in [3.63, 3.8) is 0 Å². The Kier molecular flexibility index (Phi) is 8.48. The van der Waals surface area contributed by atoms with Gasteiger partial charge in [0.15, 0.2) is 11.6 Å². The van der Waals surface area contributed by atoms with Crippen LogP contribution >= 0.6 is 0 Å². The van der Waals surface area contributed by atoms with E-state index in [1.807, 2.05) is 19.1 Å². The summed E-state index contributed by atoms with van der Waals surface area (Å²) in [6.45, 7) is 5.94. The van der Waals surface area contributed by atoms with Gasteiger partial charge < -0.3 is 20.3 Å². The maximum absolute atomic E-state index is 14.9. The molecule has 51 heavy (non-hydrogen) atoms. The zero-order valence-electron chi connectivity index (χ0n) is 28.5. The van der Waals surface area contributed by atoms with Crippen molar-refractivity contribution in [1.29, 1.82) is 0 Å². The number of nitrogens with zero attached hydrogens (tertiary/aromatic N) is 6. The first kappa shape index (κ1) is 34.0. The zero-order valence-corrected chi connectivity index (χ0v) is 28.5. The summed E-state index contributed by atoms with van der Waals surface area (Å²) in [6, 6.07) is 5.61. The van der Waals surface area contributed by atoms with Gasteiger partial charge in [-0.2, -0.15) is 13.9 Å². The molecule has 3 atom stereocenters. The van der Waals surface area contributed by atoms with Crippen LogP contribution in [0.25, 0.3) is 22.3 Å². The standard InChI is InChI=1S/C36H36F2N8O5/c1-19-14-39-32(40-15-19)23-10-24-17-51-9-5-8-36(37,38)34(50)41-18-35-12-26(33(49)43-31-20(2)6-7-21(3)42-31)46(27(35)13-35)28(48)16-45-30(24)25(11-23)29(44-45)22(4)47/h5-8,10-11,14-15,26-27H,9,12-13,16-18H2,1-4H3,(H,41,50)(H,42,43,49)/t26-,27+,35-/m0/s1. The van der Waals surface area contributed by atoms with Gasteiger partial charge >= 0.3 is 5.92 Å². The number of carbonyl (C=O) groups is 4. The van der Waals surface area contributed by atoms with Crippen LogP contribution in [-0.2, 0) is 32.3 Å². The number of amides is 3. The van der Waals surface area contributed by atoms with E-state index >= 15 is 0 Å². The van der Waals surface area contributed by atoms with E-state index in [1.54, 1.807) is 38.4 Å². The molecule has 3 aromatic heterocycles. The van der Waals surface area contributed by atoms with Crippen molar-refractivity contribution in [1.82, 2.24) is 34.9 Å². The molecule has 1 saturated heterocycles. The zero-order chi connectivity index (χ0) is 36.2. The normalized spacial score (nSPS) is 23.1. The number of hydrogen-bond acceptors (Lipinski definition) is 9. The van der Waals surface area contributed by atoms with Gasteiger partial charge in [0.25, 0.3) is 5.91 Å². The fraction of sp³-hybridized carbons (Fsp3) is 0.389. The van der Waals surface area contributed by atoms with E-state index < -0.39 is 41.1 Å². The first-order valence-electron chi connectivity index (χ1n) is 16.6. The van der Waals surface area contributed by atoms with Gasteiger partial charge in [-0.25, -0.2) is 15.0 Å². The molecule has 2 aliphatic heterocycles. The summed E-state index contributed by atoms with van der Waals surface area (Å²) in [5.74, 6) is -5.90. The number of Topliss-reactive ketones (excluding diaryl/α,β-unsaturated/α-hetero) is 1. The number of hydrogen-bond donors (Lipinski definition) is 2. The summed E-state index contributed by atoms with van der Waals surface area (Å²) in [6.07, 6.45) is 5.41. The Morgan fingerprint density at radius 1 is 1.08 bits per heavy atom. The fourth-order valence-corrected chi connectivity index (χ4v) is 7.07. The molecular weight excluding hydrogens is 662 g/mol. The molecule has 3 aliphatic rings. The van der Waals surface area contributed by atoms with Crippen molar-refractivity contribution in [3.05, 3.63) is 76.9 Å². The quantitative estimate of drug-likeness (QED) is 0.238. The van der Waals surface area contributed by atoms with Crippen LogP contribution in [0.2, 0.25) is 0 Å². The van der Waals surface area contributed by atoms with Crippen LogP contribution in [0.5, 0.6) is 0 Å². The van der Waals surface area contributed by atoms with Gasteiger partial charge in [0.2, 0.25) is 11.8 Å². The first-order chi connectivity index (χ1) is 24.3. The van der Waals surface area contributed by atoms with Crippen molar-refractivity contribution in [2.45, 2.75) is 71.7 Å². The van der Waals surface area contributed by atoms with Crippen LogP contribution in [-0.4, -0.2) is 84.3 Å². The summed E-state index contributed by atoms with van der Waals surface area (Å²) < 4.78 is 37.0. The van der Waals surface area contributed by atoms with Crippen molar-refractivity contribution in [3.8, 4) is 11.4 Å². The minimum atomic E-state index is -3.83. The van der Waals surface area contributed by atoms with Gasteiger partial charge in [0.05, 0.1) is 18.7 Å². The lowest BCUT2D eigenvalue weighted by atomic mass is 9.98. The van der Waals surface area contributed by atoms with E-state index in [1.165, 1.54) is 16.5 Å². The van der Waals surface area contributed by atoms with Crippen molar-refractivity contribution >= 4 is 40.2 Å². The molecule has 7 rings (SSSR count). The van der Waals surface area contributed by atoms with E-state index in [0.29, 0.717) is 51.9 Å². The van der Waals surface area contributed by atoms with Crippen LogP contribution in [0.1, 0.15) is 52.6 Å². The molecule has 5 heterocycles. The highest BCUT2D eigenvalue weighted by Crippen LogP contribution is 2.59. The van der Waals surface area contributed by atoms with Crippen LogP contribution < -0.4 is 10.6 Å². The number of ketones is 1. The number of carbonyl (C=O) groups excluding carboxylic acids is 4. The summed E-state index contributed by atoms with van der Waals surface area (Å²) >= 11 is 0. The highest BCUT2D eigenvalue weighted by atomic mass is 19.3. The van der Waals surface area contributed by atoms with Gasteiger partial charge in [-0.1, -0.05) is 12.1 Å². The number of rotatable bonds is 4. The molecule has 0 unspecified atom stereocenters. The van der Waals surface area contributed by atoms with Crippen LogP contribution in [0, 0.1) is 26.2 Å². The number of benzene rings is 1. The molecular formula is C36H36F2N8O5. The number of aryl methyl sites for hydroxylation is 3. The number of anilines is 1. The summed E-state index contributed by atoms with van der Waals surface area (Å²) in [7, 11) is 0. The predicted molar refractivity (Wildman–Crippen MR) is 181 cm³/mol. The Morgan fingerprint density at radius 2 is 1.84 bits per heavy atom. The van der Waals surface area contributed by atoms with Gasteiger partial charge in [0.1, 0.15) is 24.1 Å². The molecule has 2 N–H and O–H groups in total. The highest BCUT2D eigenvalue weighted by molar-refractivity contribution is 6.07. The number of nitrogens with one attached hydrogen (secondary N) is 2. The van der Waals surface area contributed by atoms with Crippen molar-refractivity contribution in [2.75, 3.05) is 18.5 Å². The molecule has 13 nitrogen and oxygen atoms in total. The second-order valence-electron chi connectivity index (χ2n) is 13.6. The molecule has 264 valence electrons. The maximum atomic E-state index is 14.9. The average molecular weight is 699 g/mol. The summed E-state index contributed by atoms with van der Waals surface area (Å²) in [4.78, 5) is 68.6. The van der Waals surface area contributed by atoms with Crippen molar-refractivity contribution in [2.24, 2.45) is 5.41 Å². The number of ether oxygens (including phenoxy) is 1. The lowest BCUT2D eigenvalue weighted by molar-refractivity contribution is -0.139. The number of alkyl halides is 2. The number of piperidine rings is 1. The SMILES string of the molecule is CC(=O)c1nn2c3c(cc(-c4ncc(C)cn4)cc13)COCC=CC(F)(F)C(=O)NC[C@@]13C[C@@H](C(=O)Nc4nc(C)ccc4C)N(C(=O)C2)[C@@H]1C3.